The zero-order valence-corrected chi connectivity index (χ0v) is 16.9. The summed E-state index contributed by atoms with van der Waals surface area (Å²) in [6, 6.07) is 3.98. The Hall–Kier alpha value is -1.80. The molecule has 1 aliphatic heterocycles. The van der Waals surface area contributed by atoms with Gasteiger partial charge in [0, 0.05) is 12.6 Å². The standard InChI is InChI=1S/C16H13ClF8N2O3S/c1-2-31(28,29)10-7-13(15(20,21)22,30-8-14(18,19)16(23,24)25)12(17)27-11(10)9-5-3-4-6-26-9/h3-6H,2,7-8H2,1H3. The predicted octanol–water partition coefficient (Wildman–Crippen LogP) is 4.74. The highest BCUT2D eigenvalue weighted by atomic mass is 35.5. The van der Waals surface area contributed by atoms with Gasteiger partial charge in [0.15, 0.2) is 9.84 Å². The van der Waals surface area contributed by atoms with Gasteiger partial charge in [-0.05, 0) is 12.1 Å². The van der Waals surface area contributed by atoms with Crippen LogP contribution in [0.25, 0.3) is 5.70 Å². The lowest BCUT2D eigenvalue weighted by Crippen LogP contribution is -2.57. The third kappa shape index (κ3) is 4.85. The molecule has 1 aliphatic rings. The van der Waals surface area contributed by atoms with Crippen molar-refractivity contribution in [1.82, 2.24) is 4.98 Å². The number of hydrogen-bond donors (Lipinski definition) is 0. The molecular weight excluding hydrogens is 488 g/mol. The van der Waals surface area contributed by atoms with Gasteiger partial charge in [-0.15, -0.1) is 0 Å². The summed E-state index contributed by atoms with van der Waals surface area (Å²) in [5.41, 5.74) is -4.85. The Morgan fingerprint density at radius 3 is 2.19 bits per heavy atom. The number of rotatable bonds is 6. The Kier molecular flexibility index (Phi) is 6.80. The van der Waals surface area contributed by atoms with Gasteiger partial charge in [0.1, 0.15) is 17.5 Å². The normalized spacial score (nSPS) is 21.3. The van der Waals surface area contributed by atoms with Crippen molar-refractivity contribution in [1.29, 1.82) is 0 Å². The number of alkyl halides is 8. The third-order valence-corrected chi connectivity index (χ3v) is 6.49. The van der Waals surface area contributed by atoms with Crippen LogP contribution in [0.5, 0.6) is 0 Å². The van der Waals surface area contributed by atoms with Crippen molar-refractivity contribution in [2.24, 2.45) is 4.99 Å². The SMILES string of the molecule is CCS(=O)(=O)C1=C(c2ccccn2)N=C(Cl)C(OCC(F)(F)C(F)(F)F)(C(F)(F)F)C1. The average Bonchev–Trinajstić information content (AvgIpc) is 2.65. The molecule has 1 unspecified atom stereocenters. The van der Waals surface area contributed by atoms with Crippen molar-refractivity contribution in [3.8, 4) is 0 Å². The first-order chi connectivity index (χ1) is 14.0. The van der Waals surface area contributed by atoms with Crippen LogP contribution in [-0.2, 0) is 14.6 Å². The Morgan fingerprint density at radius 1 is 1.13 bits per heavy atom. The van der Waals surface area contributed by atoms with E-state index in [0.717, 1.165) is 6.92 Å². The van der Waals surface area contributed by atoms with Crippen molar-refractivity contribution >= 4 is 32.3 Å². The Bertz CT molecular complexity index is 990. The van der Waals surface area contributed by atoms with Gasteiger partial charge in [0.25, 0.3) is 0 Å². The summed E-state index contributed by atoms with van der Waals surface area (Å²) in [5, 5.41) is -1.56. The summed E-state index contributed by atoms with van der Waals surface area (Å²) in [4.78, 5) is 6.15. The van der Waals surface area contributed by atoms with Gasteiger partial charge in [0.2, 0.25) is 5.60 Å². The van der Waals surface area contributed by atoms with Crippen molar-refractivity contribution in [3.05, 3.63) is 35.0 Å². The number of aliphatic imine (C=N–C) groups is 1. The van der Waals surface area contributed by atoms with Gasteiger partial charge >= 0.3 is 18.3 Å². The van der Waals surface area contributed by atoms with Crippen molar-refractivity contribution < 1.29 is 48.3 Å². The summed E-state index contributed by atoms with van der Waals surface area (Å²) >= 11 is 5.59. The molecule has 0 radical (unpaired) electrons. The van der Waals surface area contributed by atoms with Crippen molar-refractivity contribution in [2.45, 2.75) is 37.2 Å². The number of ether oxygens (including phenoxy) is 1. The first-order valence-corrected chi connectivity index (χ1v) is 10.3. The van der Waals surface area contributed by atoms with Crippen LogP contribution in [-0.4, -0.2) is 54.8 Å². The summed E-state index contributed by atoms with van der Waals surface area (Å²) in [6.45, 7) is -1.67. The molecule has 31 heavy (non-hydrogen) atoms. The summed E-state index contributed by atoms with van der Waals surface area (Å²) < 4.78 is 134. The molecule has 5 nitrogen and oxygen atoms in total. The third-order valence-electron chi connectivity index (χ3n) is 4.25. The van der Waals surface area contributed by atoms with Gasteiger partial charge in [-0.3, -0.25) is 4.98 Å². The van der Waals surface area contributed by atoms with Crippen LogP contribution >= 0.6 is 11.6 Å². The van der Waals surface area contributed by atoms with Crippen LogP contribution in [0, 0.1) is 0 Å². The maximum Gasteiger partial charge on any atom is 0.455 e. The minimum absolute atomic E-state index is 0.205. The van der Waals surface area contributed by atoms with E-state index in [4.69, 9.17) is 11.6 Å². The Balaban J connectivity index is 2.67. The van der Waals surface area contributed by atoms with Crippen LogP contribution in [0.4, 0.5) is 35.1 Å². The van der Waals surface area contributed by atoms with Crippen LogP contribution in [0.2, 0.25) is 0 Å². The second-order valence-corrected chi connectivity index (χ2v) is 8.94. The highest BCUT2D eigenvalue weighted by Crippen LogP contribution is 2.48. The van der Waals surface area contributed by atoms with E-state index in [1.54, 1.807) is 0 Å². The topological polar surface area (TPSA) is 68.6 Å². The second-order valence-electron chi connectivity index (χ2n) is 6.29. The first-order valence-electron chi connectivity index (χ1n) is 8.26. The van der Waals surface area contributed by atoms with Gasteiger partial charge in [-0.1, -0.05) is 24.6 Å². The van der Waals surface area contributed by atoms with Gasteiger partial charge < -0.3 is 4.74 Å². The van der Waals surface area contributed by atoms with E-state index in [2.05, 4.69) is 14.7 Å². The average molecular weight is 501 g/mol. The van der Waals surface area contributed by atoms with E-state index in [9.17, 15) is 43.5 Å². The van der Waals surface area contributed by atoms with Crippen LogP contribution in [0.15, 0.2) is 34.3 Å². The molecule has 0 aromatic carbocycles. The molecule has 174 valence electrons. The molecule has 0 spiro atoms. The van der Waals surface area contributed by atoms with Crippen molar-refractivity contribution in [3.63, 3.8) is 0 Å². The summed E-state index contributed by atoms with van der Waals surface area (Å²) in [5.74, 6) is -6.39. The molecular formula is C16H13ClF8N2O3S. The minimum Gasteiger partial charge on any atom is -0.352 e. The Labute approximate surface area is 175 Å². The number of pyridine rings is 1. The highest BCUT2D eigenvalue weighted by Gasteiger charge is 2.65. The summed E-state index contributed by atoms with van der Waals surface area (Å²) in [6.07, 6.45) is -12.4. The lowest BCUT2D eigenvalue weighted by molar-refractivity contribution is -0.321. The monoisotopic (exact) mass is 500 g/mol. The fourth-order valence-corrected chi connectivity index (χ4v) is 4.00. The lowest BCUT2D eigenvalue weighted by atomic mass is 9.95. The number of halogens is 9. The first kappa shape index (κ1) is 25.5. The van der Waals surface area contributed by atoms with Gasteiger partial charge in [0.05, 0.1) is 16.4 Å². The minimum atomic E-state index is -6.22. The van der Waals surface area contributed by atoms with Crippen LogP contribution in [0.1, 0.15) is 19.0 Å². The number of sulfone groups is 1. The molecule has 1 aromatic rings. The quantitative estimate of drug-likeness (QED) is 0.529. The van der Waals surface area contributed by atoms with Crippen LogP contribution in [0.3, 0.4) is 0 Å². The number of hydrogen-bond acceptors (Lipinski definition) is 5. The molecule has 0 saturated heterocycles. The molecule has 1 aromatic heterocycles. The van der Waals surface area contributed by atoms with E-state index in [1.165, 1.54) is 24.4 Å². The second kappa shape index (κ2) is 8.28. The van der Waals surface area contributed by atoms with Gasteiger partial charge in [-0.25, -0.2) is 13.4 Å². The molecule has 15 heteroatoms. The molecule has 2 rings (SSSR count). The summed E-state index contributed by atoms with van der Waals surface area (Å²) in [7, 11) is -4.47. The van der Waals surface area contributed by atoms with E-state index in [0.29, 0.717) is 0 Å². The Morgan fingerprint density at radius 2 is 1.74 bits per heavy atom. The fourth-order valence-electron chi connectivity index (χ4n) is 2.47. The smallest absolute Gasteiger partial charge is 0.352 e. The fraction of sp³-hybridized carbons (Fsp3) is 0.500. The largest absolute Gasteiger partial charge is 0.455 e. The highest BCUT2D eigenvalue weighted by molar-refractivity contribution is 7.95. The zero-order valence-electron chi connectivity index (χ0n) is 15.4. The van der Waals surface area contributed by atoms with Gasteiger partial charge in [-0.2, -0.15) is 35.1 Å². The molecule has 1 atom stereocenters. The molecule has 2 heterocycles. The molecule has 0 aliphatic carbocycles. The van der Waals surface area contributed by atoms with E-state index >= 15 is 0 Å². The van der Waals surface area contributed by atoms with E-state index in [1.807, 2.05) is 0 Å². The van der Waals surface area contributed by atoms with E-state index < -0.39 is 68.3 Å². The molecule has 0 amide bonds. The van der Waals surface area contributed by atoms with Crippen LogP contribution < -0.4 is 0 Å². The lowest BCUT2D eigenvalue weighted by Gasteiger charge is -2.38. The van der Waals surface area contributed by atoms with Crippen molar-refractivity contribution in [2.75, 3.05) is 12.4 Å². The maximum atomic E-state index is 13.9. The zero-order chi connectivity index (χ0) is 23.9. The maximum absolute atomic E-state index is 13.9. The van der Waals surface area contributed by atoms with E-state index in [-0.39, 0.29) is 5.69 Å². The number of nitrogens with zero attached hydrogens (tertiary/aromatic N) is 2. The number of aromatic nitrogens is 1. The molecule has 0 saturated carbocycles. The molecule has 0 N–H and O–H groups in total. The molecule has 0 bridgehead atoms. The predicted molar refractivity (Wildman–Crippen MR) is 94.3 cm³/mol. The molecule has 0 fully saturated rings.